The maximum atomic E-state index is 8.47. The fourth-order valence-electron chi connectivity index (χ4n) is 1.91. The molecule has 0 aromatic heterocycles. The molecule has 0 radical (unpaired) electrons. The van der Waals surface area contributed by atoms with E-state index in [1.54, 1.807) is 0 Å². The first-order valence-corrected chi connectivity index (χ1v) is 5.83. The van der Waals surface area contributed by atoms with Crippen molar-refractivity contribution >= 4 is 16.7 Å². The number of nitrogens with two attached hydrogens (primary N) is 2. The summed E-state index contributed by atoms with van der Waals surface area (Å²) in [7, 11) is 0. The molecule has 0 fully saturated rings. The van der Waals surface area contributed by atoms with Gasteiger partial charge in [0, 0.05) is 0 Å². The molecule has 2 rings (SSSR count). The molecule has 7 nitrogen and oxygen atoms in total. The zero-order chi connectivity index (χ0) is 15.1. The minimum Gasteiger partial charge on any atom is -0.370 e. The lowest BCUT2D eigenvalue weighted by Gasteiger charge is -2.10. The Morgan fingerprint density at radius 3 is 2.30 bits per heavy atom. The SMILES string of the molecule is CC(N=C(N)N)c1cccc2ccccc12.O=[N+](O)O. The number of benzene rings is 2. The van der Waals surface area contributed by atoms with Crippen LogP contribution >= 0.6 is 0 Å². The molecule has 0 aliphatic carbocycles. The summed E-state index contributed by atoms with van der Waals surface area (Å²) in [5.41, 5.74) is 11.9. The largest absolute Gasteiger partial charge is 0.472 e. The molecule has 106 valence electrons. The molecule has 0 aliphatic heterocycles. The molecule has 0 amide bonds. The van der Waals surface area contributed by atoms with Gasteiger partial charge in [-0.25, -0.2) is 15.4 Å². The summed E-state index contributed by atoms with van der Waals surface area (Å²) in [5, 5.41) is 14.9. The van der Waals surface area contributed by atoms with Crippen molar-refractivity contribution in [3.63, 3.8) is 0 Å². The number of aliphatic imine (C=N–C) groups is 1. The highest BCUT2D eigenvalue weighted by atomic mass is 16.9. The van der Waals surface area contributed by atoms with Crippen LogP contribution in [0.5, 0.6) is 0 Å². The van der Waals surface area contributed by atoms with E-state index in [9.17, 15) is 0 Å². The monoisotopic (exact) mass is 277 g/mol. The van der Waals surface area contributed by atoms with Gasteiger partial charge in [-0.1, -0.05) is 42.5 Å². The molecule has 0 aliphatic rings. The molecule has 0 spiro atoms. The Morgan fingerprint density at radius 1 is 1.15 bits per heavy atom. The lowest BCUT2D eigenvalue weighted by atomic mass is 10.0. The molecule has 20 heavy (non-hydrogen) atoms. The number of hydrogen-bond acceptors (Lipinski definition) is 2. The molecule has 2 aromatic rings. The summed E-state index contributed by atoms with van der Waals surface area (Å²) >= 11 is 0. The van der Waals surface area contributed by atoms with Crippen molar-refractivity contribution in [3.05, 3.63) is 52.9 Å². The molecule has 2 aromatic carbocycles. The van der Waals surface area contributed by atoms with E-state index in [0.717, 1.165) is 5.56 Å². The van der Waals surface area contributed by atoms with Gasteiger partial charge in [0.1, 0.15) is 4.91 Å². The number of hydrogen-bond donors (Lipinski definition) is 4. The standard InChI is InChI=1S/C13H15N3.H2NO3/c1-9(16-13(14)15)11-8-4-6-10-5-2-3-7-12(10)11;2-1(3)4/h2-9H,1H3,(H4,14,15,16);(H2,2,3,4)/q;+1. The third-order valence-electron chi connectivity index (χ3n) is 2.62. The van der Waals surface area contributed by atoms with Crippen molar-refractivity contribution in [2.75, 3.05) is 0 Å². The average Bonchev–Trinajstić information content (AvgIpc) is 2.36. The Bertz CT molecular complexity index is 615. The van der Waals surface area contributed by atoms with Crippen molar-refractivity contribution < 1.29 is 15.5 Å². The maximum Gasteiger partial charge on any atom is 0.472 e. The third-order valence-corrected chi connectivity index (χ3v) is 2.62. The Labute approximate surface area is 115 Å². The van der Waals surface area contributed by atoms with E-state index >= 15 is 0 Å². The van der Waals surface area contributed by atoms with Crippen molar-refractivity contribution in [2.45, 2.75) is 13.0 Å². The number of guanidine groups is 1. The number of fused-ring (bicyclic) bond motifs is 1. The van der Waals surface area contributed by atoms with Gasteiger partial charge in [0.25, 0.3) is 0 Å². The summed E-state index contributed by atoms with van der Waals surface area (Å²) in [4.78, 5) is 12.6. The fraction of sp³-hybridized carbons (Fsp3) is 0.154. The van der Waals surface area contributed by atoms with Gasteiger partial charge in [-0.2, -0.15) is 0 Å². The predicted molar refractivity (Wildman–Crippen MR) is 75.4 cm³/mol. The Hall–Kier alpha value is -2.83. The Morgan fingerprint density at radius 2 is 1.70 bits per heavy atom. The van der Waals surface area contributed by atoms with E-state index in [1.165, 1.54) is 10.8 Å². The second-order valence-corrected chi connectivity index (χ2v) is 4.05. The second-order valence-electron chi connectivity index (χ2n) is 4.05. The van der Waals surface area contributed by atoms with Crippen LogP contribution in [0.25, 0.3) is 10.8 Å². The Balaban J connectivity index is 0.000000444. The van der Waals surface area contributed by atoms with Crippen LogP contribution in [-0.4, -0.2) is 21.5 Å². The van der Waals surface area contributed by atoms with Gasteiger partial charge in [0.15, 0.2) is 5.96 Å². The van der Waals surface area contributed by atoms with E-state index in [-0.39, 0.29) is 12.0 Å². The molecule has 0 saturated carbocycles. The van der Waals surface area contributed by atoms with E-state index in [0.29, 0.717) is 0 Å². The second kappa shape index (κ2) is 6.93. The molecule has 6 N–H and O–H groups in total. The van der Waals surface area contributed by atoms with Crippen molar-refractivity contribution in [1.29, 1.82) is 0 Å². The van der Waals surface area contributed by atoms with Crippen LogP contribution in [0.4, 0.5) is 0 Å². The summed E-state index contributed by atoms with van der Waals surface area (Å²) < 4.78 is 0. The van der Waals surface area contributed by atoms with E-state index in [2.05, 4.69) is 29.3 Å². The minimum absolute atomic E-state index is 0.0175. The van der Waals surface area contributed by atoms with Gasteiger partial charge < -0.3 is 11.5 Å². The first kappa shape index (κ1) is 15.2. The van der Waals surface area contributed by atoms with Gasteiger partial charge in [-0.05, 0) is 23.3 Å². The zero-order valence-corrected chi connectivity index (χ0v) is 11.0. The van der Waals surface area contributed by atoms with Crippen LogP contribution < -0.4 is 11.5 Å². The normalized spacial score (nSPS) is 11.1. The summed E-state index contributed by atoms with van der Waals surface area (Å²) in [5.74, 6) is 0.125. The van der Waals surface area contributed by atoms with Crippen molar-refractivity contribution in [2.24, 2.45) is 16.5 Å². The molecule has 0 heterocycles. The Kier molecular flexibility index (Phi) is 5.28. The molecule has 1 atom stereocenters. The van der Waals surface area contributed by atoms with Gasteiger partial charge >= 0.3 is 5.09 Å². The molecule has 0 saturated heterocycles. The van der Waals surface area contributed by atoms with E-state index in [4.69, 9.17) is 26.8 Å². The van der Waals surface area contributed by atoms with Crippen LogP contribution in [0.3, 0.4) is 0 Å². The third kappa shape index (κ3) is 4.45. The van der Waals surface area contributed by atoms with Crippen LogP contribution in [-0.2, 0) is 0 Å². The zero-order valence-electron chi connectivity index (χ0n) is 11.0. The van der Waals surface area contributed by atoms with Crippen LogP contribution in [0.2, 0.25) is 0 Å². The molecule has 0 bridgehead atoms. The molecule has 1 unspecified atom stereocenters. The van der Waals surface area contributed by atoms with E-state index < -0.39 is 5.09 Å². The lowest BCUT2D eigenvalue weighted by molar-refractivity contribution is -0.969. The van der Waals surface area contributed by atoms with Crippen molar-refractivity contribution in [3.8, 4) is 0 Å². The first-order valence-electron chi connectivity index (χ1n) is 5.83. The minimum atomic E-state index is -1.25. The van der Waals surface area contributed by atoms with Gasteiger partial charge in [0.2, 0.25) is 0 Å². The predicted octanol–water partition coefficient (Wildman–Crippen LogP) is 1.72. The van der Waals surface area contributed by atoms with Crippen LogP contribution in [0.1, 0.15) is 18.5 Å². The van der Waals surface area contributed by atoms with Gasteiger partial charge in [-0.3, -0.25) is 0 Å². The molecular weight excluding hydrogens is 260 g/mol. The lowest BCUT2D eigenvalue weighted by Crippen LogP contribution is -2.23. The topological polar surface area (TPSA) is 125 Å². The van der Waals surface area contributed by atoms with E-state index in [1.807, 2.05) is 25.1 Å². The maximum absolute atomic E-state index is 8.47. The van der Waals surface area contributed by atoms with Gasteiger partial charge in [0.05, 0.1) is 6.04 Å². The smallest absolute Gasteiger partial charge is 0.370 e. The number of nitrogens with zero attached hydrogens (tertiary/aromatic N) is 2. The van der Waals surface area contributed by atoms with Crippen LogP contribution in [0, 0.1) is 4.91 Å². The summed E-state index contributed by atoms with van der Waals surface area (Å²) in [6.07, 6.45) is 0. The molecule has 7 heteroatoms. The quantitative estimate of drug-likeness (QED) is 0.378. The highest BCUT2D eigenvalue weighted by molar-refractivity contribution is 5.86. The highest BCUT2D eigenvalue weighted by Crippen LogP contribution is 2.25. The fourth-order valence-corrected chi connectivity index (χ4v) is 1.91. The number of rotatable bonds is 2. The summed E-state index contributed by atoms with van der Waals surface area (Å²) in [6, 6.07) is 14.4. The molecular formula is C13H17N4O3+. The highest BCUT2D eigenvalue weighted by Gasteiger charge is 2.07. The average molecular weight is 277 g/mol. The first-order chi connectivity index (χ1) is 9.41. The van der Waals surface area contributed by atoms with Gasteiger partial charge in [-0.15, -0.1) is 0 Å². The van der Waals surface area contributed by atoms with Crippen LogP contribution in [0.15, 0.2) is 47.5 Å². The van der Waals surface area contributed by atoms with Crippen molar-refractivity contribution in [1.82, 2.24) is 0 Å². The summed E-state index contributed by atoms with van der Waals surface area (Å²) in [6.45, 7) is 1.99.